The molecule has 2 unspecified atom stereocenters. The van der Waals surface area contributed by atoms with Gasteiger partial charge in [-0.05, 0) is 51.4 Å². The van der Waals surface area contributed by atoms with Gasteiger partial charge in [0.2, 0.25) is 5.91 Å². The second kappa shape index (κ2) is 54.2. The summed E-state index contributed by atoms with van der Waals surface area (Å²) in [6.45, 7) is 4.95. The second-order valence-corrected chi connectivity index (χ2v) is 20.0. The van der Waals surface area contributed by atoms with Gasteiger partial charge in [-0.2, -0.15) is 0 Å². The molecule has 0 spiro atoms. The van der Waals surface area contributed by atoms with Crippen LogP contribution >= 0.6 is 0 Å². The molecule has 6 nitrogen and oxygen atoms in total. The molecular formula is C58H113NO5. The van der Waals surface area contributed by atoms with Gasteiger partial charge in [-0.15, -0.1) is 0 Å². The number of ether oxygens (including phenoxy) is 1. The molecule has 0 aliphatic carbocycles. The van der Waals surface area contributed by atoms with E-state index in [4.69, 9.17) is 4.74 Å². The van der Waals surface area contributed by atoms with E-state index in [0.717, 1.165) is 44.9 Å². The van der Waals surface area contributed by atoms with Crippen LogP contribution < -0.4 is 5.32 Å². The molecule has 0 saturated heterocycles. The first-order valence-corrected chi connectivity index (χ1v) is 28.9. The number of hydrogen-bond donors (Lipinski definition) is 3. The number of rotatable bonds is 54. The van der Waals surface area contributed by atoms with Crippen molar-refractivity contribution in [3.63, 3.8) is 0 Å². The molecule has 0 aliphatic heterocycles. The number of unbranched alkanes of at least 4 members (excludes halogenated alkanes) is 41. The molecule has 0 rings (SSSR count). The molecule has 0 radical (unpaired) electrons. The zero-order valence-electron chi connectivity index (χ0n) is 43.3. The van der Waals surface area contributed by atoms with Gasteiger partial charge in [0, 0.05) is 12.8 Å². The molecular weight excluding hydrogens is 791 g/mol. The molecule has 0 aromatic heterocycles. The van der Waals surface area contributed by atoms with Gasteiger partial charge < -0.3 is 20.3 Å². The van der Waals surface area contributed by atoms with Crippen LogP contribution in [-0.4, -0.2) is 47.4 Å². The first kappa shape index (κ1) is 62.6. The Morgan fingerprint density at radius 2 is 0.734 bits per heavy atom. The third kappa shape index (κ3) is 50.0. The van der Waals surface area contributed by atoms with Crippen LogP contribution in [0.4, 0.5) is 0 Å². The number of amides is 1. The molecule has 0 aromatic carbocycles. The van der Waals surface area contributed by atoms with Crippen LogP contribution in [0.15, 0.2) is 12.2 Å². The number of carbonyl (C=O) groups is 2. The van der Waals surface area contributed by atoms with Crippen molar-refractivity contribution < 1.29 is 24.5 Å². The van der Waals surface area contributed by atoms with Gasteiger partial charge in [0.25, 0.3) is 0 Å². The third-order valence-electron chi connectivity index (χ3n) is 13.6. The molecule has 6 heteroatoms. The fourth-order valence-corrected chi connectivity index (χ4v) is 9.11. The Bertz CT molecular complexity index is 955. The Morgan fingerprint density at radius 1 is 0.422 bits per heavy atom. The number of aliphatic hydroxyl groups is 2. The van der Waals surface area contributed by atoms with Crippen LogP contribution in [-0.2, 0) is 14.3 Å². The Hall–Kier alpha value is -1.40. The highest BCUT2D eigenvalue weighted by Gasteiger charge is 2.20. The summed E-state index contributed by atoms with van der Waals surface area (Å²) < 4.78 is 5.47. The molecule has 2 atom stereocenters. The Morgan fingerprint density at radius 3 is 1.11 bits per heavy atom. The van der Waals surface area contributed by atoms with Crippen LogP contribution in [0.25, 0.3) is 0 Å². The number of carbonyl (C=O) groups excluding carboxylic acids is 2. The van der Waals surface area contributed by atoms with Crippen LogP contribution in [0.1, 0.15) is 322 Å². The number of allylic oxidation sites excluding steroid dienone is 2. The van der Waals surface area contributed by atoms with Crippen LogP contribution in [0.3, 0.4) is 0 Å². The zero-order chi connectivity index (χ0) is 46.5. The fraction of sp³-hybridized carbons (Fsp3) is 0.931. The van der Waals surface area contributed by atoms with Crippen molar-refractivity contribution in [2.75, 3.05) is 13.2 Å². The van der Waals surface area contributed by atoms with Crippen molar-refractivity contribution >= 4 is 11.9 Å². The molecule has 64 heavy (non-hydrogen) atoms. The molecule has 0 aliphatic rings. The van der Waals surface area contributed by atoms with E-state index in [1.54, 1.807) is 0 Å². The number of esters is 1. The number of nitrogens with one attached hydrogen (secondary N) is 1. The van der Waals surface area contributed by atoms with Crippen molar-refractivity contribution in [2.45, 2.75) is 334 Å². The molecule has 3 N–H and O–H groups in total. The highest BCUT2D eigenvalue weighted by atomic mass is 16.5. The summed E-state index contributed by atoms with van der Waals surface area (Å²) in [7, 11) is 0. The average molecular weight is 905 g/mol. The molecule has 0 heterocycles. The number of aliphatic hydroxyl groups excluding tert-OH is 2. The summed E-state index contributed by atoms with van der Waals surface area (Å²) in [6.07, 6.45) is 63.4. The van der Waals surface area contributed by atoms with Gasteiger partial charge in [-0.3, -0.25) is 9.59 Å². The maximum Gasteiger partial charge on any atom is 0.305 e. The lowest BCUT2D eigenvalue weighted by Crippen LogP contribution is -2.45. The predicted molar refractivity (Wildman–Crippen MR) is 278 cm³/mol. The molecule has 0 aromatic rings. The lowest BCUT2D eigenvalue weighted by Gasteiger charge is -2.22. The normalized spacial score (nSPS) is 12.6. The average Bonchev–Trinajstić information content (AvgIpc) is 3.29. The summed E-state index contributed by atoms with van der Waals surface area (Å²) >= 11 is 0. The van der Waals surface area contributed by atoms with Crippen molar-refractivity contribution in [1.82, 2.24) is 5.32 Å². The lowest BCUT2D eigenvalue weighted by molar-refractivity contribution is -0.143. The van der Waals surface area contributed by atoms with Gasteiger partial charge in [-0.25, -0.2) is 0 Å². The monoisotopic (exact) mass is 904 g/mol. The van der Waals surface area contributed by atoms with Crippen LogP contribution in [0, 0.1) is 0 Å². The highest BCUT2D eigenvalue weighted by Crippen LogP contribution is 2.17. The summed E-state index contributed by atoms with van der Waals surface area (Å²) in [5.41, 5.74) is 0. The quantitative estimate of drug-likeness (QED) is 0.0321. The van der Waals surface area contributed by atoms with E-state index >= 15 is 0 Å². The Kier molecular flexibility index (Phi) is 53.0. The molecule has 0 saturated carbocycles. The molecule has 0 bridgehead atoms. The van der Waals surface area contributed by atoms with E-state index in [9.17, 15) is 19.8 Å². The maximum absolute atomic E-state index is 12.5. The van der Waals surface area contributed by atoms with E-state index in [0.29, 0.717) is 25.9 Å². The van der Waals surface area contributed by atoms with Crippen molar-refractivity contribution in [1.29, 1.82) is 0 Å². The largest absolute Gasteiger partial charge is 0.466 e. The highest BCUT2D eigenvalue weighted by molar-refractivity contribution is 5.76. The van der Waals surface area contributed by atoms with Gasteiger partial charge in [0.1, 0.15) is 0 Å². The van der Waals surface area contributed by atoms with Crippen LogP contribution in [0.5, 0.6) is 0 Å². The second-order valence-electron chi connectivity index (χ2n) is 20.0. The van der Waals surface area contributed by atoms with Gasteiger partial charge in [-0.1, -0.05) is 270 Å². The van der Waals surface area contributed by atoms with Gasteiger partial charge in [0.15, 0.2) is 0 Å². The van der Waals surface area contributed by atoms with E-state index < -0.39 is 12.1 Å². The first-order chi connectivity index (χ1) is 31.5. The summed E-state index contributed by atoms with van der Waals surface area (Å²) in [5, 5.41) is 23.3. The third-order valence-corrected chi connectivity index (χ3v) is 13.6. The van der Waals surface area contributed by atoms with E-state index in [-0.39, 0.29) is 18.5 Å². The lowest BCUT2D eigenvalue weighted by atomic mass is 10.0. The smallest absolute Gasteiger partial charge is 0.305 e. The van der Waals surface area contributed by atoms with Gasteiger partial charge in [0.05, 0.1) is 25.4 Å². The summed E-state index contributed by atoms with van der Waals surface area (Å²) in [5.74, 6) is -0.0437. The maximum atomic E-state index is 12.5. The predicted octanol–water partition coefficient (Wildman–Crippen LogP) is 17.7. The van der Waals surface area contributed by atoms with E-state index in [1.165, 1.54) is 244 Å². The van der Waals surface area contributed by atoms with Crippen LogP contribution in [0.2, 0.25) is 0 Å². The zero-order valence-corrected chi connectivity index (χ0v) is 43.3. The molecule has 0 fully saturated rings. The van der Waals surface area contributed by atoms with E-state index in [2.05, 4.69) is 31.3 Å². The minimum atomic E-state index is -0.668. The topological polar surface area (TPSA) is 95.9 Å². The standard InChI is InChI=1S/C58H113NO5/c1-3-5-7-9-11-13-15-17-19-23-26-30-34-38-42-46-50-56(61)55(54-60)59-57(62)51-47-43-39-35-31-27-24-20-21-25-29-33-37-41-45-49-53-64-58(63)52-48-44-40-36-32-28-22-18-16-14-12-10-8-6-4-2/h18,22,55-56,60-61H,3-17,19-21,23-54H2,1-2H3,(H,59,62)/b22-18-. The summed E-state index contributed by atoms with van der Waals surface area (Å²) in [6, 6.07) is -0.546. The Balaban J connectivity index is 3.42. The molecule has 380 valence electrons. The SMILES string of the molecule is CCCCCCCC/C=C\CCCCCCCC(=O)OCCCCCCCCCCCCCCCCCCC(=O)NC(CO)C(O)CCCCCCCCCCCCCCCCCC. The number of hydrogen-bond acceptors (Lipinski definition) is 5. The fourth-order valence-electron chi connectivity index (χ4n) is 9.11. The summed E-state index contributed by atoms with van der Waals surface area (Å²) in [4.78, 5) is 24.5. The minimum absolute atomic E-state index is 0.00405. The van der Waals surface area contributed by atoms with E-state index in [1.807, 2.05) is 0 Å². The Labute approximate surface area is 399 Å². The van der Waals surface area contributed by atoms with Crippen molar-refractivity contribution in [3.05, 3.63) is 12.2 Å². The van der Waals surface area contributed by atoms with Crippen molar-refractivity contribution in [2.24, 2.45) is 0 Å². The molecule has 1 amide bonds. The van der Waals surface area contributed by atoms with Crippen molar-refractivity contribution in [3.8, 4) is 0 Å². The minimum Gasteiger partial charge on any atom is -0.466 e. The van der Waals surface area contributed by atoms with Gasteiger partial charge >= 0.3 is 5.97 Å². The first-order valence-electron chi connectivity index (χ1n) is 28.9.